The minimum absolute atomic E-state index is 0.0939. The molecule has 5 nitrogen and oxygen atoms in total. The molecule has 0 fully saturated rings. The van der Waals surface area contributed by atoms with Crippen LogP contribution >= 0.6 is 11.6 Å². The van der Waals surface area contributed by atoms with Crippen molar-refractivity contribution in [3.63, 3.8) is 0 Å². The summed E-state index contributed by atoms with van der Waals surface area (Å²) in [7, 11) is 1.59. The Bertz CT molecular complexity index is 1280. The Kier molecular flexibility index (Phi) is 9.69. The predicted molar refractivity (Wildman–Crippen MR) is 146 cm³/mol. The van der Waals surface area contributed by atoms with Crippen LogP contribution in [0.3, 0.4) is 0 Å². The number of carbonyl (C=O) groups is 2. The van der Waals surface area contributed by atoms with E-state index >= 15 is 0 Å². The fourth-order valence-corrected chi connectivity index (χ4v) is 4.24. The lowest BCUT2D eigenvalue weighted by Crippen LogP contribution is -2.17. The normalized spacial score (nSPS) is 14.2. The third-order valence-electron chi connectivity index (χ3n) is 6.01. The number of aliphatic hydroxyl groups excluding tert-OH is 1. The smallest absolute Gasteiger partial charge is 0.251 e. The first-order valence-corrected chi connectivity index (χ1v) is 12.3. The highest BCUT2D eigenvalue weighted by Gasteiger charge is 2.22. The largest absolute Gasteiger partial charge is 0.396 e. The van der Waals surface area contributed by atoms with E-state index in [0.717, 1.165) is 18.5 Å². The maximum Gasteiger partial charge on any atom is 0.251 e. The van der Waals surface area contributed by atoms with Crippen LogP contribution in [0.15, 0.2) is 66.7 Å². The van der Waals surface area contributed by atoms with E-state index in [0.29, 0.717) is 40.2 Å². The molecular weight excluding hydrogens is 472 g/mol. The second kappa shape index (κ2) is 12.9. The van der Waals surface area contributed by atoms with Crippen molar-refractivity contribution in [1.29, 1.82) is 0 Å². The summed E-state index contributed by atoms with van der Waals surface area (Å²) in [6, 6.07) is 20.5. The van der Waals surface area contributed by atoms with Gasteiger partial charge in [-0.1, -0.05) is 48.6 Å². The summed E-state index contributed by atoms with van der Waals surface area (Å²) in [5.74, 6) is 6.72. The van der Waals surface area contributed by atoms with Crippen molar-refractivity contribution in [3.05, 3.63) is 99.6 Å². The zero-order chi connectivity index (χ0) is 26.1. The minimum atomic E-state index is -0.136. The molecule has 0 bridgehead atoms. The number of hydrogen-bond acceptors (Lipinski definition) is 4. The third-order valence-corrected chi connectivity index (χ3v) is 6.34. The molecule has 0 saturated heterocycles. The number of fused-ring (bicyclic) bond motifs is 1. The number of carbonyl (C=O) groups excluding carboxylic acids is 2. The van der Waals surface area contributed by atoms with Crippen LogP contribution in [0.5, 0.6) is 0 Å². The quantitative estimate of drug-likeness (QED) is 0.317. The molecule has 3 aromatic rings. The van der Waals surface area contributed by atoms with Gasteiger partial charge in [-0.3, -0.25) is 9.59 Å². The fourth-order valence-electron chi connectivity index (χ4n) is 3.99. The van der Waals surface area contributed by atoms with Gasteiger partial charge in [0.2, 0.25) is 0 Å². The van der Waals surface area contributed by atoms with Gasteiger partial charge in [-0.05, 0) is 73.4 Å². The predicted octanol–water partition coefficient (Wildman–Crippen LogP) is 5.52. The molecular formula is C30H31ClN2O3. The zero-order valence-electron chi connectivity index (χ0n) is 20.8. The van der Waals surface area contributed by atoms with Crippen LogP contribution in [0.1, 0.15) is 63.6 Å². The third kappa shape index (κ3) is 7.21. The number of anilines is 1. The topological polar surface area (TPSA) is 78.4 Å². The number of aliphatic hydroxyl groups is 1. The molecule has 6 heteroatoms. The van der Waals surface area contributed by atoms with Gasteiger partial charge in [0, 0.05) is 54.1 Å². The first-order chi connectivity index (χ1) is 17.3. The maximum absolute atomic E-state index is 11.5. The molecule has 4 rings (SSSR count). The Hall–Kier alpha value is -3.59. The van der Waals surface area contributed by atoms with Gasteiger partial charge in [-0.25, -0.2) is 0 Å². The van der Waals surface area contributed by atoms with Crippen LogP contribution in [-0.4, -0.2) is 37.0 Å². The summed E-state index contributed by atoms with van der Waals surface area (Å²) in [5.41, 5.74) is 5.22. The minimum Gasteiger partial charge on any atom is -0.396 e. The number of amides is 1. The molecule has 0 saturated carbocycles. The van der Waals surface area contributed by atoms with E-state index in [1.807, 2.05) is 0 Å². The average molecular weight is 503 g/mol. The molecule has 186 valence electrons. The van der Waals surface area contributed by atoms with E-state index in [1.54, 1.807) is 49.5 Å². The molecule has 0 spiro atoms. The highest BCUT2D eigenvalue weighted by molar-refractivity contribution is 6.33. The molecule has 0 aromatic heterocycles. The van der Waals surface area contributed by atoms with Crippen LogP contribution < -0.4 is 10.6 Å². The van der Waals surface area contributed by atoms with Gasteiger partial charge in [0.05, 0.1) is 5.02 Å². The van der Waals surface area contributed by atoms with Crippen molar-refractivity contribution in [2.45, 2.75) is 26.2 Å². The van der Waals surface area contributed by atoms with Crippen LogP contribution in [0, 0.1) is 17.8 Å². The van der Waals surface area contributed by atoms with E-state index in [1.165, 1.54) is 18.2 Å². The Morgan fingerprint density at radius 3 is 2.42 bits per heavy atom. The summed E-state index contributed by atoms with van der Waals surface area (Å²) in [4.78, 5) is 22.9. The summed E-state index contributed by atoms with van der Waals surface area (Å²) in [6.07, 6.45) is 1.07. The Morgan fingerprint density at radius 2 is 1.75 bits per heavy atom. The van der Waals surface area contributed by atoms with Crippen LogP contribution in [0.25, 0.3) is 0 Å². The number of para-hydroxylation sites is 1. The Labute approximate surface area is 217 Å². The van der Waals surface area contributed by atoms with Gasteiger partial charge in [0.25, 0.3) is 5.91 Å². The van der Waals surface area contributed by atoms with Crippen molar-refractivity contribution in [2.75, 3.05) is 25.5 Å². The number of benzene rings is 3. The van der Waals surface area contributed by atoms with Gasteiger partial charge >= 0.3 is 0 Å². The van der Waals surface area contributed by atoms with Gasteiger partial charge in [0.1, 0.15) is 0 Å². The second-order valence-electron chi connectivity index (χ2n) is 8.85. The molecule has 1 aliphatic heterocycles. The number of ketones is 1. The van der Waals surface area contributed by atoms with Gasteiger partial charge in [-0.15, -0.1) is 0 Å². The lowest BCUT2D eigenvalue weighted by Gasteiger charge is -2.14. The molecule has 1 amide bonds. The molecule has 2 unspecified atom stereocenters. The molecule has 36 heavy (non-hydrogen) atoms. The van der Waals surface area contributed by atoms with E-state index in [9.17, 15) is 9.59 Å². The van der Waals surface area contributed by atoms with Crippen molar-refractivity contribution >= 4 is 29.0 Å². The van der Waals surface area contributed by atoms with Crippen LogP contribution in [-0.2, 0) is 0 Å². The first-order valence-electron chi connectivity index (χ1n) is 11.9. The number of rotatable bonds is 5. The SMILES string of the molecule is CC(CO)CC1CNc2ccccc21.CNC(=O)c1ccc(C#Cc2ccc(Cl)c(C(C)=O)c2)cc1. The van der Waals surface area contributed by atoms with Gasteiger partial charge in [-0.2, -0.15) is 0 Å². The van der Waals surface area contributed by atoms with Gasteiger partial charge < -0.3 is 15.7 Å². The standard InChI is InChI=1S/C18H14ClNO2.C12H17NO/c1-12(21)16-11-14(7-10-17(16)19)4-3-13-5-8-15(9-6-13)18(22)20-2;1-9(8-14)6-10-7-13-12-5-3-2-4-11(10)12/h5-11H,1-2H3,(H,20,22);2-5,9-10,13-14H,6-8H2,1H3. The van der Waals surface area contributed by atoms with E-state index < -0.39 is 0 Å². The average Bonchev–Trinajstić information content (AvgIpc) is 3.30. The molecule has 2 atom stereocenters. The lowest BCUT2D eigenvalue weighted by atomic mass is 9.91. The number of hydrogen-bond donors (Lipinski definition) is 3. The molecule has 1 aliphatic rings. The van der Waals surface area contributed by atoms with Crippen molar-refractivity contribution in [3.8, 4) is 11.8 Å². The maximum atomic E-state index is 11.5. The molecule has 1 heterocycles. The zero-order valence-corrected chi connectivity index (χ0v) is 21.5. The van der Waals surface area contributed by atoms with Crippen molar-refractivity contribution in [2.24, 2.45) is 5.92 Å². The first kappa shape index (κ1) is 27.0. The van der Waals surface area contributed by atoms with Crippen molar-refractivity contribution < 1.29 is 14.7 Å². The summed E-state index contributed by atoms with van der Waals surface area (Å²) in [5, 5.41) is 15.4. The molecule has 0 aliphatic carbocycles. The lowest BCUT2D eigenvalue weighted by molar-refractivity contribution is 0.0962. The Balaban J connectivity index is 0.000000221. The number of halogens is 1. The molecule has 3 aromatic carbocycles. The fraction of sp³-hybridized carbons (Fsp3) is 0.267. The number of Topliss-reactive ketones (excluding diaryl/α,β-unsaturated/α-hetero) is 1. The Morgan fingerprint density at radius 1 is 1.08 bits per heavy atom. The summed E-state index contributed by atoms with van der Waals surface area (Å²) >= 11 is 5.96. The van der Waals surface area contributed by atoms with E-state index in [-0.39, 0.29) is 11.7 Å². The molecule has 0 radical (unpaired) electrons. The van der Waals surface area contributed by atoms with E-state index in [4.69, 9.17) is 16.7 Å². The number of nitrogens with one attached hydrogen (secondary N) is 2. The summed E-state index contributed by atoms with van der Waals surface area (Å²) < 4.78 is 0. The van der Waals surface area contributed by atoms with Crippen LogP contribution in [0.2, 0.25) is 5.02 Å². The van der Waals surface area contributed by atoms with E-state index in [2.05, 4.69) is 53.7 Å². The molecule has 3 N–H and O–H groups in total. The highest BCUT2D eigenvalue weighted by atomic mass is 35.5. The van der Waals surface area contributed by atoms with Crippen molar-refractivity contribution in [1.82, 2.24) is 5.32 Å². The highest BCUT2D eigenvalue weighted by Crippen LogP contribution is 2.34. The second-order valence-corrected chi connectivity index (χ2v) is 9.25. The van der Waals surface area contributed by atoms with Gasteiger partial charge in [0.15, 0.2) is 5.78 Å². The summed E-state index contributed by atoms with van der Waals surface area (Å²) in [6.45, 7) is 4.87. The monoisotopic (exact) mass is 502 g/mol. The van der Waals surface area contributed by atoms with Crippen LogP contribution in [0.4, 0.5) is 5.69 Å².